The molecule has 1 fully saturated rings. The van der Waals surface area contributed by atoms with E-state index < -0.39 is 14.9 Å². The van der Waals surface area contributed by atoms with Crippen LogP contribution in [0.2, 0.25) is 0 Å². The molecule has 17 heavy (non-hydrogen) atoms. The molecule has 0 bridgehead atoms. The Labute approximate surface area is 145 Å². The zero-order valence-electron chi connectivity index (χ0n) is 10.8. The van der Waals surface area contributed by atoms with Gasteiger partial charge in [-0.1, -0.05) is 30.3 Å². The van der Waals surface area contributed by atoms with Crippen LogP contribution in [0.15, 0.2) is 30.3 Å². The van der Waals surface area contributed by atoms with Crippen LogP contribution in [0.5, 0.6) is 0 Å². The van der Waals surface area contributed by atoms with Crippen LogP contribution in [0, 0.1) is 0 Å². The minimum absolute atomic E-state index is 0. The zero-order valence-corrected chi connectivity index (χ0v) is 13.7. The van der Waals surface area contributed by atoms with Crippen molar-refractivity contribution in [2.75, 3.05) is 6.61 Å². The molecule has 1 saturated carbocycles. The maximum Gasteiger partial charge on any atom is 1.00 e. The summed E-state index contributed by atoms with van der Waals surface area (Å²) in [4.78, 5) is 0. The molecule has 0 aromatic heterocycles. The largest absolute Gasteiger partial charge is 1.00 e. The molecule has 0 radical (unpaired) electrons. The van der Waals surface area contributed by atoms with E-state index in [0.29, 0.717) is 19.4 Å². The molecule has 1 aromatic carbocycles. The van der Waals surface area contributed by atoms with Crippen LogP contribution in [-0.2, 0) is 21.5 Å². The summed E-state index contributed by atoms with van der Waals surface area (Å²) in [5.74, 6) is 0. The van der Waals surface area contributed by atoms with Crippen LogP contribution >= 0.6 is 0 Å². The maximum absolute atomic E-state index is 11.0. The van der Waals surface area contributed by atoms with Gasteiger partial charge in [0.1, 0.15) is 4.75 Å². The quantitative estimate of drug-likeness (QED) is 0.541. The van der Waals surface area contributed by atoms with Crippen molar-refractivity contribution < 1.29 is 70.5 Å². The van der Waals surface area contributed by atoms with E-state index in [4.69, 9.17) is 9.29 Å². The second-order valence-electron chi connectivity index (χ2n) is 4.14. The van der Waals surface area contributed by atoms with Crippen molar-refractivity contribution in [1.82, 2.24) is 0 Å². The molecule has 0 saturated heterocycles. The average molecular weight is 282 g/mol. The van der Waals surface area contributed by atoms with Crippen molar-refractivity contribution in [1.29, 1.82) is 0 Å². The SMILES string of the molecule is O=S(=O)(O)C1(COCc2ccccc2)CC1.[H-].[K+]. The first-order valence-electron chi connectivity index (χ1n) is 5.12. The summed E-state index contributed by atoms with van der Waals surface area (Å²) in [7, 11) is -3.97. The summed E-state index contributed by atoms with van der Waals surface area (Å²) in [6.45, 7) is 0.443. The molecular weight excluding hydrogens is 267 g/mol. The van der Waals surface area contributed by atoms with Gasteiger partial charge in [0.25, 0.3) is 10.1 Å². The molecule has 0 atom stereocenters. The first-order chi connectivity index (χ1) is 7.54. The van der Waals surface area contributed by atoms with Gasteiger partial charge in [0.15, 0.2) is 0 Å². The molecule has 1 aliphatic rings. The van der Waals surface area contributed by atoms with E-state index in [1.165, 1.54) is 0 Å². The zero-order chi connectivity index (χ0) is 11.6. The third-order valence-electron chi connectivity index (χ3n) is 2.83. The Hall–Kier alpha value is 0.726. The van der Waals surface area contributed by atoms with E-state index in [1.807, 2.05) is 30.3 Å². The fraction of sp³-hybridized carbons (Fsp3) is 0.455. The van der Waals surface area contributed by atoms with Gasteiger partial charge >= 0.3 is 51.4 Å². The van der Waals surface area contributed by atoms with Crippen LogP contribution in [0.1, 0.15) is 19.8 Å². The van der Waals surface area contributed by atoms with Gasteiger partial charge in [0.05, 0.1) is 13.2 Å². The Morgan fingerprint density at radius 2 is 1.88 bits per heavy atom. The summed E-state index contributed by atoms with van der Waals surface area (Å²) < 4.78 is 35.4. The van der Waals surface area contributed by atoms with Crippen LogP contribution in [0.4, 0.5) is 0 Å². The van der Waals surface area contributed by atoms with Gasteiger partial charge in [-0.25, -0.2) is 0 Å². The van der Waals surface area contributed by atoms with Gasteiger partial charge in [-0.2, -0.15) is 8.42 Å². The average Bonchev–Trinajstić information content (AvgIpc) is 3.00. The maximum atomic E-state index is 11.0. The van der Waals surface area contributed by atoms with Crippen LogP contribution in [0.25, 0.3) is 0 Å². The fourth-order valence-corrected chi connectivity index (χ4v) is 2.40. The summed E-state index contributed by atoms with van der Waals surface area (Å²) in [5, 5.41) is 0. The first-order valence-corrected chi connectivity index (χ1v) is 6.56. The van der Waals surface area contributed by atoms with Crippen molar-refractivity contribution in [2.24, 2.45) is 0 Å². The van der Waals surface area contributed by atoms with Crippen molar-refractivity contribution in [3.63, 3.8) is 0 Å². The van der Waals surface area contributed by atoms with E-state index >= 15 is 0 Å². The molecule has 0 aliphatic heterocycles. The second-order valence-corrected chi connectivity index (χ2v) is 5.95. The van der Waals surface area contributed by atoms with Gasteiger partial charge in [0.2, 0.25) is 0 Å². The van der Waals surface area contributed by atoms with E-state index in [2.05, 4.69) is 0 Å². The van der Waals surface area contributed by atoms with Gasteiger partial charge in [-0.05, 0) is 18.4 Å². The van der Waals surface area contributed by atoms with Crippen LogP contribution < -0.4 is 51.4 Å². The third kappa shape index (κ3) is 4.10. The van der Waals surface area contributed by atoms with Gasteiger partial charge in [-0.15, -0.1) is 0 Å². The summed E-state index contributed by atoms with van der Waals surface area (Å²) >= 11 is 0. The summed E-state index contributed by atoms with van der Waals surface area (Å²) in [6, 6.07) is 9.52. The van der Waals surface area contributed by atoms with Crippen molar-refractivity contribution in [2.45, 2.75) is 24.2 Å². The topological polar surface area (TPSA) is 63.6 Å². The Morgan fingerprint density at radius 1 is 1.29 bits per heavy atom. The molecule has 0 amide bonds. The van der Waals surface area contributed by atoms with Gasteiger partial charge in [-0.3, -0.25) is 4.55 Å². The molecule has 1 aromatic rings. The van der Waals surface area contributed by atoms with Crippen LogP contribution in [-0.4, -0.2) is 24.3 Å². The molecule has 6 heteroatoms. The Bertz CT molecular complexity index is 459. The minimum atomic E-state index is -3.97. The first kappa shape index (κ1) is 15.8. The second kappa shape index (κ2) is 6.25. The normalized spacial score (nSPS) is 17.2. The molecule has 0 unspecified atom stereocenters. The van der Waals surface area contributed by atoms with E-state index in [1.54, 1.807) is 0 Å². The molecule has 2 rings (SSSR count). The van der Waals surface area contributed by atoms with Crippen molar-refractivity contribution in [3.05, 3.63) is 35.9 Å². The number of benzene rings is 1. The minimum Gasteiger partial charge on any atom is -1.00 e. The molecule has 0 heterocycles. The standard InChI is InChI=1S/C11H14O4S.K.H/c12-16(13,14)11(6-7-11)9-15-8-10-4-2-1-3-5-10;;/h1-5H,6-9H2,(H,12,13,14);;/q;+1;-1. The smallest absolute Gasteiger partial charge is 1.00 e. The Kier molecular flexibility index (Phi) is 5.80. The molecule has 4 nitrogen and oxygen atoms in total. The fourth-order valence-electron chi connectivity index (χ4n) is 1.55. The van der Waals surface area contributed by atoms with E-state index in [0.717, 1.165) is 5.56 Å². The number of rotatable bonds is 5. The predicted molar refractivity (Wildman–Crippen MR) is 60.7 cm³/mol. The van der Waals surface area contributed by atoms with Crippen molar-refractivity contribution in [3.8, 4) is 0 Å². The Balaban J connectivity index is 0.00000144. The molecule has 90 valence electrons. The summed E-state index contributed by atoms with van der Waals surface area (Å²) in [5.41, 5.74) is 0.994. The van der Waals surface area contributed by atoms with Crippen LogP contribution in [0.3, 0.4) is 0 Å². The van der Waals surface area contributed by atoms with Gasteiger partial charge < -0.3 is 6.16 Å². The third-order valence-corrected chi connectivity index (χ3v) is 4.45. The van der Waals surface area contributed by atoms with Crippen molar-refractivity contribution >= 4 is 10.1 Å². The Morgan fingerprint density at radius 3 is 2.35 bits per heavy atom. The number of ether oxygens (including phenoxy) is 1. The number of hydrogen-bond donors (Lipinski definition) is 1. The van der Waals surface area contributed by atoms with Gasteiger partial charge in [0, 0.05) is 0 Å². The monoisotopic (exact) mass is 282 g/mol. The van der Waals surface area contributed by atoms with E-state index in [9.17, 15) is 8.42 Å². The number of hydrogen-bond acceptors (Lipinski definition) is 3. The molecule has 0 spiro atoms. The molecular formula is C11H15KO4S. The molecule has 1 N–H and O–H groups in total. The summed E-state index contributed by atoms with van der Waals surface area (Å²) in [6.07, 6.45) is 0.973. The molecule has 1 aliphatic carbocycles. The van der Waals surface area contributed by atoms with E-state index in [-0.39, 0.29) is 59.4 Å². The predicted octanol–water partition coefficient (Wildman–Crippen LogP) is -1.26.